The summed E-state index contributed by atoms with van der Waals surface area (Å²) >= 11 is 0. The van der Waals surface area contributed by atoms with Crippen LogP contribution >= 0.6 is 0 Å². The minimum atomic E-state index is 1.15. The molecular weight excluding hydrogens is 216 g/mol. The van der Waals surface area contributed by atoms with Gasteiger partial charge in [-0.1, -0.05) is 68.0 Å². The summed E-state index contributed by atoms with van der Waals surface area (Å²) in [6.45, 7) is 2.24. The quantitative estimate of drug-likeness (QED) is 0.708. The van der Waals surface area contributed by atoms with E-state index in [9.17, 15) is 0 Å². The zero-order chi connectivity index (χ0) is 12.4. The molecule has 0 heteroatoms. The molecule has 18 heavy (non-hydrogen) atoms. The summed E-state index contributed by atoms with van der Waals surface area (Å²) in [5, 5.41) is 0. The molecule has 0 aliphatic heterocycles. The summed E-state index contributed by atoms with van der Waals surface area (Å²) in [7, 11) is 0. The maximum Gasteiger partial charge on any atom is 0.0131 e. The van der Waals surface area contributed by atoms with E-state index in [0.29, 0.717) is 0 Å². The Hall–Kier alpha value is -1.82. The molecular formula is C18H17. The molecule has 0 heterocycles. The summed E-state index contributed by atoms with van der Waals surface area (Å²) in [4.78, 5) is 0. The molecule has 0 fully saturated rings. The van der Waals surface area contributed by atoms with Crippen molar-refractivity contribution in [1.82, 2.24) is 0 Å². The highest BCUT2D eigenvalue weighted by Gasteiger charge is 2.12. The molecule has 2 aromatic carbocycles. The number of hydrogen-bond acceptors (Lipinski definition) is 0. The third-order valence-electron chi connectivity index (χ3n) is 3.51. The lowest BCUT2D eigenvalue weighted by molar-refractivity contribution is 0.923. The molecule has 1 aliphatic rings. The normalized spacial score (nSPS) is 12.7. The van der Waals surface area contributed by atoms with Gasteiger partial charge in [0.2, 0.25) is 0 Å². The van der Waals surface area contributed by atoms with Crippen molar-refractivity contribution in [3.63, 3.8) is 0 Å². The number of aryl methyl sites for hydroxylation is 1. The monoisotopic (exact) mass is 233 g/mol. The summed E-state index contributed by atoms with van der Waals surface area (Å²) in [6, 6.07) is 15.3. The van der Waals surface area contributed by atoms with E-state index in [1.807, 2.05) is 0 Å². The largest absolute Gasteiger partial charge is 0.0754 e. The maximum atomic E-state index is 2.25. The van der Waals surface area contributed by atoms with E-state index in [1.165, 1.54) is 34.2 Å². The summed E-state index contributed by atoms with van der Waals surface area (Å²) in [6.07, 6.45) is 8.87. The van der Waals surface area contributed by atoms with Gasteiger partial charge in [0.05, 0.1) is 0 Å². The van der Waals surface area contributed by atoms with E-state index in [0.717, 1.165) is 6.42 Å². The van der Waals surface area contributed by atoms with Crippen molar-refractivity contribution in [3.05, 3.63) is 71.7 Å². The Kier molecular flexibility index (Phi) is 3.02. The smallest absolute Gasteiger partial charge is 0.0131 e. The van der Waals surface area contributed by atoms with Crippen LogP contribution in [0.4, 0.5) is 0 Å². The van der Waals surface area contributed by atoms with Crippen LogP contribution in [-0.2, 0) is 6.42 Å². The molecule has 0 unspecified atom stereocenters. The molecule has 89 valence electrons. The number of benzene rings is 2. The van der Waals surface area contributed by atoms with E-state index >= 15 is 0 Å². The van der Waals surface area contributed by atoms with Crippen LogP contribution in [0.25, 0.3) is 17.2 Å². The highest BCUT2D eigenvalue weighted by atomic mass is 14.2. The van der Waals surface area contributed by atoms with Crippen LogP contribution in [0.1, 0.15) is 30.0 Å². The standard InChI is InChI=1S/C18H17/c1-2-7-14-8-3-4-11-16(14)18-13-6-10-15-9-5-12-17(15)18/h3-6,8-13H,2,7H2,1H3. The molecule has 1 radical (unpaired) electrons. The average molecular weight is 233 g/mol. The van der Waals surface area contributed by atoms with Gasteiger partial charge in [0.25, 0.3) is 0 Å². The molecule has 1 aliphatic carbocycles. The van der Waals surface area contributed by atoms with Crippen molar-refractivity contribution < 1.29 is 0 Å². The molecule has 2 aromatic rings. The molecule has 0 aromatic heterocycles. The lowest BCUT2D eigenvalue weighted by Gasteiger charge is -2.12. The van der Waals surface area contributed by atoms with E-state index in [1.54, 1.807) is 0 Å². The molecule has 0 nitrogen and oxygen atoms in total. The summed E-state index contributed by atoms with van der Waals surface area (Å²) < 4.78 is 0. The molecule has 0 spiro atoms. The van der Waals surface area contributed by atoms with Crippen LogP contribution in [0.15, 0.2) is 48.5 Å². The number of hydrogen-bond donors (Lipinski definition) is 0. The summed E-state index contributed by atoms with van der Waals surface area (Å²) in [5.41, 5.74) is 6.89. The second kappa shape index (κ2) is 4.81. The minimum absolute atomic E-state index is 1.15. The Morgan fingerprint density at radius 1 is 0.889 bits per heavy atom. The zero-order valence-corrected chi connectivity index (χ0v) is 10.7. The molecule has 0 bridgehead atoms. The predicted octanol–water partition coefficient (Wildman–Crippen LogP) is 4.89. The van der Waals surface area contributed by atoms with Crippen LogP contribution in [0.2, 0.25) is 0 Å². The first-order valence-corrected chi connectivity index (χ1v) is 6.63. The fourth-order valence-corrected chi connectivity index (χ4v) is 2.67. The molecule has 0 saturated carbocycles. The topological polar surface area (TPSA) is 0 Å². The third kappa shape index (κ3) is 1.88. The van der Waals surface area contributed by atoms with Crippen molar-refractivity contribution in [1.29, 1.82) is 0 Å². The van der Waals surface area contributed by atoms with E-state index < -0.39 is 0 Å². The lowest BCUT2D eigenvalue weighted by atomic mass is 9.92. The molecule has 0 saturated heterocycles. The maximum absolute atomic E-state index is 2.25. The number of allylic oxidation sites excluding steroid dienone is 1. The van der Waals surface area contributed by atoms with Gasteiger partial charge in [-0.25, -0.2) is 0 Å². The lowest BCUT2D eigenvalue weighted by Crippen LogP contribution is -1.92. The van der Waals surface area contributed by atoms with Crippen LogP contribution in [0, 0.1) is 6.42 Å². The first kappa shape index (κ1) is 11.3. The predicted molar refractivity (Wildman–Crippen MR) is 78.3 cm³/mol. The van der Waals surface area contributed by atoms with Gasteiger partial charge >= 0.3 is 0 Å². The fourth-order valence-electron chi connectivity index (χ4n) is 2.67. The van der Waals surface area contributed by atoms with Crippen LogP contribution in [-0.4, -0.2) is 0 Å². The fraction of sp³-hybridized carbons (Fsp3) is 0.167. The molecule has 3 rings (SSSR count). The number of rotatable bonds is 3. The zero-order valence-electron chi connectivity index (χ0n) is 10.7. The van der Waals surface area contributed by atoms with Gasteiger partial charge in [-0.3, -0.25) is 0 Å². The van der Waals surface area contributed by atoms with Gasteiger partial charge in [0.1, 0.15) is 0 Å². The number of fused-ring (bicyclic) bond motifs is 1. The highest BCUT2D eigenvalue weighted by molar-refractivity contribution is 5.82. The van der Waals surface area contributed by atoms with Crippen LogP contribution in [0.3, 0.4) is 0 Å². The molecule has 0 atom stereocenters. The first-order chi connectivity index (χ1) is 8.90. The van der Waals surface area contributed by atoms with E-state index in [4.69, 9.17) is 0 Å². The molecule has 0 amide bonds. The van der Waals surface area contributed by atoms with Gasteiger partial charge in [0, 0.05) is 6.42 Å². The van der Waals surface area contributed by atoms with E-state index in [2.05, 4.69) is 68.0 Å². The Bertz CT molecular complexity index is 591. The third-order valence-corrected chi connectivity index (χ3v) is 3.51. The molecule has 0 N–H and O–H groups in total. The second-order valence-corrected chi connectivity index (χ2v) is 4.74. The van der Waals surface area contributed by atoms with Crippen molar-refractivity contribution >= 4 is 6.08 Å². The van der Waals surface area contributed by atoms with Gasteiger partial charge in [-0.2, -0.15) is 0 Å². The van der Waals surface area contributed by atoms with Crippen molar-refractivity contribution in [3.8, 4) is 11.1 Å². The van der Waals surface area contributed by atoms with Gasteiger partial charge in [0.15, 0.2) is 0 Å². The Morgan fingerprint density at radius 3 is 2.61 bits per heavy atom. The van der Waals surface area contributed by atoms with Crippen molar-refractivity contribution in [2.75, 3.05) is 0 Å². The average Bonchev–Trinajstić information content (AvgIpc) is 2.88. The van der Waals surface area contributed by atoms with Crippen molar-refractivity contribution in [2.24, 2.45) is 0 Å². The summed E-state index contributed by atoms with van der Waals surface area (Å²) in [5.74, 6) is 0. The van der Waals surface area contributed by atoms with Gasteiger partial charge < -0.3 is 0 Å². The van der Waals surface area contributed by atoms with Gasteiger partial charge in [-0.15, -0.1) is 0 Å². The first-order valence-electron chi connectivity index (χ1n) is 6.63. The van der Waals surface area contributed by atoms with E-state index in [-0.39, 0.29) is 0 Å². The SMILES string of the molecule is CCCc1ccccc1-c1cccc2c1C=C[CH]2. The Morgan fingerprint density at radius 2 is 1.72 bits per heavy atom. The van der Waals surface area contributed by atoms with Gasteiger partial charge in [-0.05, 0) is 34.2 Å². The minimum Gasteiger partial charge on any atom is -0.0754 e. The Labute approximate surface area is 109 Å². The van der Waals surface area contributed by atoms with Crippen LogP contribution in [0.5, 0.6) is 0 Å². The van der Waals surface area contributed by atoms with Crippen molar-refractivity contribution in [2.45, 2.75) is 19.8 Å². The Balaban J connectivity index is 2.16. The second-order valence-electron chi connectivity index (χ2n) is 4.74. The highest BCUT2D eigenvalue weighted by Crippen LogP contribution is 2.34. The van der Waals surface area contributed by atoms with Crippen LogP contribution < -0.4 is 0 Å².